The standard InChI is InChI=1S/C19H20N2O5/c1-12-19(24)21(2)15-10-13(5-7-17(15)26-12)16(22)6-8-18(23)20-11-14-4-3-9-25-14/h3-5,7,9-10,12H,6,8,11H2,1-2H3,(H,20,23). The van der Waals surface area contributed by atoms with Crippen molar-refractivity contribution in [2.45, 2.75) is 32.4 Å². The highest BCUT2D eigenvalue weighted by molar-refractivity contribution is 6.03. The number of likely N-dealkylation sites (N-methyl/N-ethyl adjacent to an activating group) is 1. The Morgan fingerprint density at radius 3 is 2.77 bits per heavy atom. The molecule has 7 nitrogen and oxygen atoms in total. The summed E-state index contributed by atoms with van der Waals surface area (Å²) >= 11 is 0. The van der Waals surface area contributed by atoms with Crippen LogP contribution >= 0.6 is 0 Å². The lowest BCUT2D eigenvalue weighted by molar-refractivity contribution is -0.125. The van der Waals surface area contributed by atoms with Gasteiger partial charge in [-0.15, -0.1) is 0 Å². The maximum atomic E-state index is 12.4. The summed E-state index contributed by atoms with van der Waals surface area (Å²) in [5, 5.41) is 2.70. The van der Waals surface area contributed by atoms with E-state index in [0.29, 0.717) is 29.3 Å². The first-order chi connectivity index (χ1) is 12.5. The molecule has 7 heteroatoms. The van der Waals surface area contributed by atoms with Crippen molar-refractivity contribution in [3.05, 3.63) is 47.9 Å². The molecule has 1 atom stereocenters. The number of nitrogens with zero attached hydrogens (tertiary/aromatic N) is 1. The third-order valence-corrected chi connectivity index (χ3v) is 4.24. The number of carbonyl (C=O) groups excluding carboxylic acids is 3. The van der Waals surface area contributed by atoms with Crippen molar-refractivity contribution in [1.82, 2.24) is 5.32 Å². The second kappa shape index (κ2) is 7.43. The van der Waals surface area contributed by atoms with E-state index in [1.807, 2.05) is 0 Å². The van der Waals surface area contributed by atoms with Gasteiger partial charge in [-0.25, -0.2) is 0 Å². The van der Waals surface area contributed by atoms with Crippen LogP contribution in [0.1, 0.15) is 35.9 Å². The van der Waals surface area contributed by atoms with E-state index >= 15 is 0 Å². The number of hydrogen-bond acceptors (Lipinski definition) is 5. The summed E-state index contributed by atoms with van der Waals surface area (Å²) < 4.78 is 10.7. The highest BCUT2D eigenvalue weighted by atomic mass is 16.5. The van der Waals surface area contributed by atoms with E-state index < -0.39 is 6.10 Å². The molecule has 0 bridgehead atoms. The molecule has 0 radical (unpaired) electrons. The minimum absolute atomic E-state index is 0.0810. The Morgan fingerprint density at radius 2 is 2.04 bits per heavy atom. The maximum absolute atomic E-state index is 12.4. The molecule has 1 N–H and O–H groups in total. The molecule has 0 fully saturated rings. The quantitative estimate of drug-likeness (QED) is 0.802. The Hall–Kier alpha value is -3.09. The summed E-state index contributed by atoms with van der Waals surface area (Å²) in [6.45, 7) is 1.98. The zero-order valence-corrected chi connectivity index (χ0v) is 14.7. The van der Waals surface area contributed by atoms with Crippen molar-refractivity contribution >= 4 is 23.3 Å². The third-order valence-electron chi connectivity index (χ3n) is 4.24. The highest BCUT2D eigenvalue weighted by Gasteiger charge is 2.29. The summed E-state index contributed by atoms with van der Waals surface area (Å²) in [4.78, 5) is 37.7. The zero-order valence-electron chi connectivity index (χ0n) is 14.7. The molecule has 0 spiro atoms. The van der Waals surface area contributed by atoms with Crippen molar-refractivity contribution in [3.8, 4) is 5.75 Å². The number of Topliss-reactive ketones (excluding diaryl/α,β-unsaturated/α-hetero) is 1. The van der Waals surface area contributed by atoms with Gasteiger partial charge in [0.1, 0.15) is 11.5 Å². The number of furan rings is 1. The number of ether oxygens (including phenoxy) is 1. The van der Waals surface area contributed by atoms with Crippen LogP contribution in [0.25, 0.3) is 0 Å². The van der Waals surface area contributed by atoms with Crippen LogP contribution in [0.4, 0.5) is 5.69 Å². The molecule has 136 valence electrons. The summed E-state index contributed by atoms with van der Waals surface area (Å²) in [7, 11) is 1.65. The second-order valence-electron chi connectivity index (χ2n) is 6.12. The van der Waals surface area contributed by atoms with Crippen LogP contribution in [0.3, 0.4) is 0 Å². The fourth-order valence-electron chi connectivity index (χ4n) is 2.74. The molecule has 0 saturated heterocycles. The van der Waals surface area contributed by atoms with Crippen LogP contribution in [0.15, 0.2) is 41.0 Å². The lowest BCUT2D eigenvalue weighted by Gasteiger charge is -2.30. The molecular formula is C19H20N2O5. The van der Waals surface area contributed by atoms with Crippen LogP contribution in [0.5, 0.6) is 5.75 Å². The van der Waals surface area contributed by atoms with Gasteiger partial charge in [-0.1, -0.05) is 0 Å². The smallest absolute Gasteiger partial charge is 0.267 e. The van der Waals surface area contributed by atoms with Crippen LogP contribution in [-0.2, 0) is 16.1 Å². The van der Waals surface area contributed by atoms with E-state index in [4.69, 9.17) is 9.15 Å². The topological polar surface area (TPSA) is 88.8 Å². The lowest BCUT2D eigenvalue weighted by atomic mass is 10.0. The van der Waals surface area contributed by atoms with Gasteiger partial charge in [-0.3, -0.25) is 14.4 Å². The van der Waals surface area contributed by atoms with Crippen LogP contribution < -0.4 is 15.0 Å². The third kappa shape index (κ3) is 3.77. The number of amides is 2. The van der Waals surface area contributed by atoms with Crippen LogP contribution in [-0.4, -0.2) is 30.7 Å². The molecular weight excluding hydrogens is 336 g/mol. The molecule has 2 heterocycles. The van der Waals surface area contributed by atoms with Crippen LogP contribution in [0, 0.1) is 0 Å². The first-order valence-electron chi connectivity index (χ1n) is 8.36. The normalized spacial score (nSPS) is 16.0. The number of rotatable bonds is 6. The molecule has 0 saturated carbocycles. The molecule has 26 heavy (non-hydrogen) atoms. The highest BCUT2D eigenvalue weighted by Crippen LogP contribution is 2.34. The SMILES string of the molecule is CC1Oc2ccc(C(=O)CCC(=O)NCc3ccco3)cc2N(C)C1=O. The first-order valence-corrected chi connectivity index (χ1v) is 8.36. The van der Waals surface area contributed by atoms with Crippen molar-refractivity contribution in [2.24, 2.45) is 0 Å². The Kier molecular flexibility index (Phi) is 5.06. The monoisotopic (exact) mass is 356 g/mol. The van der Waals surface area contributed by atoms with Gasteiger partial charge in [-0.2, -0.15) is 0 Å². The van der Waals surface area contributed by atoms with Crippen molar-refractivity contribution in [3.63, 3.8) is 0 Å². The molecule has 1 aliphatic rings. The largest absolute Gasteiger partial charge is 0.479 e. The van der Waals surface area contributed by atoms with E-state index in [9.17, 15) is 14.4 Å². The van der Waals surface area contributed by atoms with Gasteiger partial charge in [0.2, 0.25) is 5.91 Å². The zero-order chi connectivity index (χ0) is 18.7. The van der Waals surface area contributed by atoms with E-state index in [1.165, 1.54) is 11.2 Å². The van der Waals surface area contributed by atoms with E-state index in [0.717, 1.165) is 0 Å². The molecule has 2 aromatic rings. The Labute approximate surface area is 150 Å². The Balaban J connectivity index is 1.58. The molecule has 1 aromatic carbocycles. The first kappa shape index (κ1) is 17.7. The number of ketones is 1. The average molecular weight is 356 g/mol. The summed E-state index contributed by atoms with van der Waals surface area (Å²) in [6, 6.07) is 8.46. The fourth-order valence-corrected chi connectivity index (χ4v) is 2.74. The Bertz CT molecular complexity index is 828. The molecule has 3 rings (SSSR count). The van der Waals surface area contributed by atoms with E-state index in [-0.39, 0.29) is 30.4 Å². The number of nitrogens with one attached hydrogen (secondary N) is 1. The van der Waals surface area contributed by atoms with E-state index in [2.05, 4.69) is 5.32 Å². The van der Waals surface area contributed by atoms with Gasteiger partial charge in [0.15, 0.2) is 11.9 Å². The molecule has 1 unspecified atom stereocenters. The van der Waals surface area contributed by atoms with Gasteiger partial charge in [-0.05, 0) is 37.3 Å². The fraction of sp³-hybridized carbons (Fsp3) is 0.316. The summed E-state index contributed by atoms with van der Waals surface area (Å²) in [5.74, 6) is 0.658. The van der Waals surface area contributed by atoms with Crippen molar-refractivity contribution in [2.75, 3.05) is 11.9 Å². The summed E-state index contributed by atoms with van der Waals surface area (Å²) in [5.41, 5.74) is 1.00. The number of hydrogen-bond donors (Lipinski definition) is 1. The maximum Gasteiger partial charge on any atom is 0.267 e. The number of fused-ring (bicyclic) bond motifs is 1. The lowest BCUT2D eigenvalue weighted by Crippen LogP contribution is -2.42. The van der Waals surface area contributed by atoms with E-state index in [1.54, 1.807) is 44.3 Å². The van der Waals surface area contributed by atoms with Gasteiger partial charge >= 0.3 is 0 Å². The van der Waals surface area contributed by atoms with Gasteiger partial charge in [0, 0.05) is 25.5 Å². The number of benzene rings is 1. The van der Waals surface area contributed by atoms with Crippen molar-refractivity contribution in [1.29, 1.82) is 0 Å². The number of carbonyl (C=O) groups is 3. The van der Waals surface area contributed by atoms with Gasteiger partial charge in [0.05, 0.1) is 18.5 Å². The molecule has 1 aliphatic heterocycles. The average Bonchev–Trinajstić information content (AvgIpc) is 3.16. The minimum Gasteiger partial charge on any atom is -0.479 e. The number of anilines is 1. The van der Waals surface area contributed by atoms with Crippen LogP contribution in [0.2, 0.25) is 0 Å². The Morgan fingerprint density at radius 1 is 1.23 bits per heavy atom. The molecule has 1 aromatic heterocycles. The predicted molar refractivity (Wildman–Crippen MR) is 94.1 cm³/mol. The van der Waals surface area contributed by atoms with Crippen molar-refractivity contribution < 1.29 is 23.5 Å². The minimum atomic E-state index is -0.549. The van der Waals surface area contributed by atoms with Gasteiger partial charge < -0.3 is 19.4 Å². The van der Waals surface area contributed by atoms with Gasteiger partial charge in [0.25, 0.3) is 5.91 Å². The summed E-state index contributed by atoms with van der Waals surface area (Å²) in [6.07, 6.45) is 1.15. The second-order valence-corrected chi connectivity index (χ2v) is 6.12. The predicted octanol–water partition coefficient (Wildman–Crippen LogP) is 2.30. The molecule has 0 aliphatic carbocycles. The molecule has 2 amide bonds.